The van der Waals surface area contributed by atoms with E-state index in [9.17, 15) is 4.79 Å². The highest BCUT2D eigenvalue weighted by Gasteiger charge is 2.10. The van der Waals surface area contributed by atoms with Crippen LogP contribution in [0, 0.1) is 0 Å². The van der Waals surface area contributed by atoms with Gasteiger partial charge in [0, 0.05) is 22.5 Å². The molecule has 1 N–H and O–H groups in total. The average molecular weight is 281 g/mol. The van der Waals surface area contributed by atoms with Crippen molar-refractivity contribution in [3.05, 3.63) is 40.4 Å². The molecule has 0 spiro atoms. The number of thiazole rings is 1. The molecule has 18 heavy (non-hydrogen) atoms. The highest BCUT2D eigenvalue weighted by molar-refractivity contribution is 7.13. The number of nitrogens with zero attached hydrogens (tertiary/aromatic N) is 1. The van der Waals surface area contributed by atoms with Gasteiger partial charge in [0.05, 0.1) is 0 Å². The Hall–Kier alpha value is -1.39. The third kappa shape index (κ3) is 3.09. The van der Waals surface area contributed by atoms with Crippen LogP contribution in [0.5, 0.6) is 0 Å². The molecule has 1 aromatic carbocycles. The minimum Gasteiger partial charge on any atom is -0.351 e. The van der Waals surface area contributed by atoms with E-state index in [0.717, 1.165) is 17.0 Å². The molecule has 0 aliphatic heterocycles. The fourth-order valence-electron chi connectivity index (χ4n) is 1.43. The number of hydrogen-bond donors (Lipinski definition) is 1. The van der Waals surface area contributed by atoms with E-state index in [0.29, 0.717) is 17.3 Å². The second-order valence-corrected chi connectivity index (χ2v) is 5.10. The number of aromatic nitrogens is 1. The molecule has 1 aromatic heterocycles. The Morgan fingerprint density at radius 2 is 2.11 bits per heavy atom. The van der Waals surface area contributed by atoms with Gasteiger partial charge in [-0.25, -0.2) is 4.98 Å². The van der Waals surface area contributed by atoms with Crippen molar-refractivity contribution in [1.29, 1.82) is 0 Å². The number of nitrogens with one attached hydrogen (secondary N) is 1. The van der Waals surface area contributed by atoms with Crippen molar-refractivity contribution in [2.75, 3.05) is 6.54 Å². The van der Waals surface area contributed by atoms with E-state index in [1.807, 2.05) is 31.2 Å². The van der Waals surface area contributed by atoms with Crippen LogP contribution < -0.4 is 5.32 Å². The first-order valence-electron chi connectivity index (χ1n) is 5.70. The number of carbonyl (C=O) groups excluding carboxylic acids is 1. The minimum absolute atomic E-state index is 0.117. The van der Waals surface area contributed by atoms with Crippen LogP contribution in [-0.2, 0) is 0 Å². The lowest BCUT2D eigenvalue weighted by molar-refractivity contribution is 0.0949. The summed E-state index contributed by atoms with van der Waals surface area (Å²) in [5.41, 5.74) is 1.44. The maximum Gasteiger partial charge on any atom is 0.270 e. The lowest BCUT2D eigenvalue weighted by Crippen LogP contribution is -2.24. The number of amides is 1. The third-order valence-electron chi connectivity index (χ3n) is 2.36. The van der Waals surface area contributed by atoms with Crippen LogP contribution in [0.25, 0.3) is 10.6 Å². The molecule has 0 unspecified atom stereocenters. The zero-order chi connectivity index (χ0) is 13.0. The number of rotatable bonds is 4. The molecular weight excluding hydrogens is 268 g/mol. The summed E-state index contributed by atoms with van der Waals surface area (Å²) in [6, 6.07) is 7.42. The van der Waals surface area contributed by atoms with Crippen molar-refractivity contribution >= 4 is 28.8 Å². The summed E-state index contributed by atoms with van der Waals surface area (Å²) in [6.07, 6.45) is 0.917. The number of hydrogen-bond acceptors (Lipinski definition) is 3. The van der Waals surface area contributed by atoms with Crippen LogP contribution in [0.4, 0.5) is 0 Å². The summed E-state index contributed by atoms with van der Waals surface area (Å²) in [4.78, 5) is 16.0. The minimum atomic E-state index is -0.117. The average Bonchev–Trinajstić information content (AvgIpc) is 2.86. The van der Waals surface area contributed by atoms with E-state index in [1.165, 1.54) is 11.3 Å². The zero-order valence-electron chi connectivity index (χ0n) is 9.94. The highest BCUT2D eigenvalue weighted by Crippen LogP contribution is 2.24. The molecule has 3 nitrogen and oxygen atoms in total. The van der Waals surface area contributed by atoms with Gasteiger partial charge in [-0.15, -0.1) is 11.3 Å². The van der Waals surface area contributed by atoms with E-state index in [4.69, 9.17) is 11.6 Å². The van der Waals surface area contributed by atoms with Crippen LogP contribution in [0.15, 0.2) is 29.6 Å². The monoisotopic (exact) mass is 280 g/mol. The summed E-state index contributed by atoms with van der Waals surface area (Å²) in [7, 11) is 0. The Labute approximate surface area is 115 Å². The molecule has 2 rings (SSSR count). The number of carbonyl (C=O) groups is 1. The molecule has 0 bridgehead atoms. The van der Waals surface area contributed by atoms with Crippen molar-refractivity contribution in [1.82, 2.24) is 10.3 Å². The molecule has 0 saturated carbocycles. The van der Waals surface area contributed by atoms with Gasteiger partial charge in [0.1, 0.15) is 10.7 Å². The molecule has 94 valence electrons. The first-order valence-corrected chi connectivity index (χ1v) is 6.96. The number of benzene rings is 1. The third-order valence-corrected chi connectivity index (χ3v) is 3.51. The Kier molecular flexibility index (Phi) is 4.33. The quantitative estimate of drug-likeness (QED) is 0.930. The smallest absolute Gasteiger partial charge is 0.270 e. The van der Waals surface area contributed by atoms with E-state index in [-0.39, 0.29) is 5.91 Å². The summed E-state index contributed by atoms with van der Waals surface area (Å²) in [6.45, 7) is 2.69. The normalized spacial score (nSPS) is 10.3. The lowest BCUT2D eigenvalue weighted by Gasteiger charge is -1.99. The van der Waals surface area contributed by atoms with Crippen LogP contribution >= 0.6 is 22.9 Å². The molecule has 1 amide bonds. The van der Waals surface area contributed by atoms with E-state index in [2.05, 4.69) is 10.3 Å². The van der Waals surface area contributed by atoms with Crippen molar-refractivity contribution in [3.63, 3.8) is 0 Å². The van der Waals surface area contributed by atoms with Gasteiger partial charge in [-0.3, -0.25) is 4.79 Å². The maximum atomic E-state index is 11.7. The fourth-order valence-corrected chi connectivity index (χ4v) is 2.36. The summed E-state index contributed by atoms with van der Waals surface area (Å²) in [5, 5.41) is 6.10. The summed E-state index contributed by atoms with van der Waals surface area (Å²) < 4.78 is 0. The Morgan fingerprint density at radius 1 is 1.39 bits per heavy atom. The van der Waals surface area contributed by atoms with Crippen LogP contribution in [0.2, 0.25) is 5.02 Å². The van der Waals surface area contributed by atoms with E-state index >= 15 is 0 Å². The lowest BCUT2D eigenvalue weighted by atomic mass is 10.2. The molecule has 0 fully saturated rings. The van der Waals surface area contributed by atoms with E-state index in [1.54, 1.807) is 5.38 Å². The molecule has 5 heteroatoms. The largest absolute Gasteiger partial charge is 0.351 e. The molecule has 1 heterocycles. The molecule has 0 aliphatic carbocycles. The predicted octanol–water partition coefficient (Wildman–Crippen LogP) is 3.60. The second-order valence-electron chi connectivity index (χ2n) is 3.80. The molecule has 0 saturated heterocycles. The molecule has 0 aliphatic rings. The van der Waals surface area contributed by atoms with Crippen LogP contribution in [0.1, 0.15) is 23.8 Å². The fraction of sp³-hybridized carbons (Fsp3) is 0.231. The van der Waals surface area contributed by atoms with E-state index < -0.39 is 0 Å². The standard InChI is InChI=1S/C13H13ClN2OS/c1-2-7-15-12(17)11-8-18-13(16-11)9-3-5-10(14)6-4-9/h3-6,8H,2,7H2,1H3,(H,15,17). The van der Waals surface area contributed by atoms with Gasteiger partial charge in [-0.2, -0.15) is 0 Å². The van der Waals surface area contributed by atoms with Gasteiger partial charge in [-0.05, 0) is 18.6 Å². The molecular formula is C13H13ClN2OS. The summed E-state index contributed by atoms with van der Waals surface area (Å²) >= 11 is 7.29. The second kappa shape index (κ2) is 5.98. The topological polar surface area (TPSA) is 42.0 Å². The van der Waals surface area contributed by atoms with Gasteiger partial charge in [0.15, 0.2) is 0 Å². The van der Waals surface area contributed by atoms with Gasteiger partial charge >= 0.3 is 0 Å². The maximum absolute atomic E-state index is 11.7. The van der Waals surface area contributed by atoms with Gasteiger partial charge in [0.25, 0.3) is 5.91 Å². The molecule has 2 aromatic rings. The van der Waals surface area contributed by atoms with Gasteiger partial charge in [-0.1, -0.05) is 30.7 Å². The zero-order valence-corrected chi connectivity index (χ0v) is 11.5. The first kappa shape index (κ1) is 13.1. The first-order chi connectivity index (χ1) is 8.70. The number of halogens is 1. The molecule has 0 radical (unpaired) electrons. The molecule has 0 atom stereocenters. The Bertz CT molecular complexity index is 536. The van der Waals surface area contributed by atoms with Crippen molar-refractivity contribution in [2.24, 2.45) is 0 Å². The van der Waals surface area contributed by atoms with Crippen molar-refractivity contribution in [3.8, 4) is 10.6 Å². The van der Waals surface area contributed by atoms with Gasteiger partial charge in [0.2, 0.25) is 0 Å². The van der Waals surface area contributed by atoms with Crippen LogP contribution in [0.3, 0.4) is 0 Å². The summed E-state index contributed by atoms with van der Waals surface area (Å²) in [5.74, 6) is -0.117. The Morgan fingerprint density at radius 3 is 2.78 bits per heavy atom. The van der Waals surface area contributed by atoms with Crippen LogP contribution in [-0.4, -0.2) is 17.4 Å². The van der Waals surface area contributed by atoms with Gasteiger partial charge < -0.3 is 5.32 Å². The van der Waals surface area contributed by atoms with Crippen molar-refractivity contribution < 1.29 is 4.79 Å². The highest BCUT2D eigenvalue weighted by atomic mass is 35.5. The Balaban J connectivity index is 2.15. The SMILES string of the molecule is CCCNC(=O)c1csc(-c2ccc(Cl)cc2)n1. The van der Waals surface area contributed by atoms with Crippen molar-refractivity contribution in [2.45, 2.75) is 13.3 Å². The predicted molar refractivity (Wildman–Crippen MR) is 75.2 cm³/mol.